The fraction of sp³-hybridized carbons (Fsp3) is 0.125. The zero-order valence-electron chi connectivity index (χ0n) is 9.62. The van der Waals surface area contributed by atoms with Crippen molar-refractivity contribution in [2.24, 2.45) is 0 Å². The first-order valence-electron chi connectivity index (χ1n) is 5.39. The maximum absolute atomic E-state index is 3.17. The second kappa shape index (κ2) is 4.68. The van der Waals surface area contributed by atoms with Crippen molar-refractivity contribution in [3.63, 3.8) is 0 Å². The van der Waals surface area contributed by atoms with E-state index in [1.807, 2.05) is 12.1 Å². The standard InChI is InChI=1S/C16H14/c1-13-6-8-15(9-7-13)10-11-16-5-3-4-14(2)12-16/h3-9,12H,1-2H3. The second-order valence-corrected chi connectivity index (χ2v) is 3.99. The van der Waals surface area contributed by atoms with E-state index in [0.29, 0.717) is 0 Å². The van der Waals surface area contributed by atoms with Crippen LogP contribution in [-0.4, -0.2) is 0 Å². The summed E-state index contributed by atoms with van der Waals surface area (Å²) >= 11 is 0. The van der Waals surface area contributed by atoms with Crippen LogP contribution in [0.25, 0.3) is 0 Å². The highest BCUT2D eigenvalue weighted by molar-refractivity contribution is 5.44. The molecule has 0 aliphatic heterocycles. The highest BCUT2D eigenvalue weighted by Gasteiger charge is 1.88. The molecular weight excluding hydrogens is 192 g/mol. The normalized spacial score (nSPS) is 9.38. The van der Waals surface area contributed by atoms with Crippen molar-refractivity contribution in [2.45, 2.75) is 13.8 Å². The van der Waals surface area contributed by atoms with Gasteiger partial charge >= 0.3 is 0 Å². The summed E-state index contributed by atoms with van der Waals surface area (Å²) in [6.45, 7) is 4.16. The lowest BCUT2D eigenvalue weighted by Gasteiger charge is -1.93. The van der Waals surface area contributed by atoms with E-state index >= 15 is 0 Å². The Hall–Kier alpha value is -2.00. The fourth-order valence-electron chi connectivity index (χ4n) is 1.50. The van der Waals surface area contributed by atoms with Gasteiger partial charge in [-0.2, -0.15) is 0 Å². The molecule has 0 unspecified atom stereocenters. The zero-order valence-corrected chi connectivity index (χ0v) is 9.62. The molecular formula is C16H14. The van der Waals surface area contributed by atoms with Gasteiger partial charge in [0.25, 0.3) is 0 Å². The molecule has 0 saturated heterocycles. The smallest absolute Gasteiger partial charge is 0.0251 e. The molecule has 0 nitrogen and oxygen atoms in total. The van der Waals surface area contributed by atoms with E-state index in [9.17, 15) is 0 Å². The van der Waals surface area contributed by atoms with Crippen molar-refractivity contribution < 1.29 is 0 Å². The summed E-state index contributed by atoms with van der Waals surface area (Å²) in [6, 6.07) is 16.5. The lowest BCUT2D eigenvalue weighted by atomic mass is 10.1. The molecule has 0 radical (unpaired) electrons. The van der Waals surface area contributed by atoms with Crippen LogP contribution >= 0.6 is 0 Å². The van der Waals surface area contributed by atoms with E-state index in [-0.39, 0.29) is 0 Å². The molecule has 2 rings (SSSR count). The Labute approximate surface area is 96.9 Å². The third-order valence-corrected chi connectivity index (χ3v) is 2.42. The predicted molar refractivity (Wildman–Crippen MR) is 68.3 cm³/mol. The van der Waals surface area contributed by atoms with E-state index in [4.69, 9.17) is 0 Å². The van der Waals surface area contributed by atoms with Gasteiger partial charge in [0.05, 0.1) is 0 Å². The van der Waals surface area contributed by atoms with Crippen molar-refractivity contribution in [3.8, 4) is 11.8 Å². The van der Waals surface area contributed by atoms with Gasteiger partial charge in [-0.3, -0.25) is 0 Å². The minimum atomic E-state index is 1.06. The van der Waals surface area contributed by atoms with Crippen LogP contribution in [0.1, 0.15) is 22.3 Å². The lowest BCUT2D eigenvalue weighted by Crippen LogP contribution is -1.78. The zero-order chi connectivity index (χ0) is 11.4. The van der Waals surface area contributed by atoms with E-state index < -0.39 is 0 Å². The maximum atomic E-state index is 3.17. The Morgan fingerprint density at radius 1 is 0.688 bits per heavy atom. The summed E-state index contributed by atoms with van der Waals surface area (Å²) in [7, 11) is 0. The molecule has 0 N–H and O–H groups in total. The minimum Gasteiger partial charge on any atom is -0.0617 e. The lowest BCUT2D eigenvalue weighted by molar-refractivity contribution is 1.45. The number of benzene rings is 2. The highest BCUT2D eigenvalue weighted by Crippen LogP contribution is 2.04. The summed E-state index contributed by atoms with van der Waals surface area (Å²) in [5, 5.41) is 0. The summed E-state index contributed by atoms with van der Waals surface area (Å²) in [6.07, 6.45) is 0. The molecule has 0 amide bonds. The summed E-state index contributed by atoms with van der Waals surface area (Å²) < 4.78 is 0. The van der Waals surface area contributed by atoms with E-state index in [2.05, 4.69) is 62.1 Å². The molecule has 0 fully saturated rings. The first-order valence-corrected chi connectivity index (χ1v) is 5.39. The van der Waals surface area contributed by atoms with Crippen LogP contribution in [0, 0.1) is 25.7 Å². The third kappa shape index (κ3) is 2.74. The van der Waals surface area contributed by atoms with Gasteiger partial charge in [0, 0.05) is 11.1 Å². The largest absolute Gasteiger partial charge is 0.0617 e. The number of hydrogen-bond acceptors (Lipinski definition) is 0. The quantitative estimate of drug-likeness (QED) is 0.576. The van der Waals surface area contributed by atoms with Gasteiger partial charge in [0.15, 0.2) is 0 Å². The maximum Gasteiger partial charge on any atom is 0.0251 e. The van der Waals surface area contributed by atoms with Crippen LogP contribution in [0.4, 0.5) is 0 Å². The van der Waals surface area contributed by atoms with E-state index in [1.54, 1.807) is 0 Å². The molecule has 0 aliphatic carbocycles. The van der Waals surface area contributed by atoms with Gasteiger partial charge in [0.1, 0.15) is 0 Å². The van der Waals surface area contributed by atoms with Crippen molar-refractivity contribution in [3.05, 3.63) is 70.8 Å². The Morgan fingerprint density at radius 3 is 2.06 bits per heavy atom. The number of rotatable bonds is 0. The van der Waals surface area contributed by atoms with Crippen molar-refractivity contribution in [2.75, 3.05) is 0 Å². The first-order chi connectivity index (χ1) is 7.74. The van der Waals surface area contributed by atoms with Gasteiger partial charge in [-0.1, -0.05) is 41.7 Å². The topological polar surface area (TPSA) is 0 Å². The van der Waals surface area contributed by atoms with Crippen LogP contribution in [0.5, 0.6) is 0 Å². The molecule has 16 heavy (non-hydrogen) atoms. The van der Waals surface area contributed by atoms with Gasteiger partial charge < -0.3 is 0 Å². The van der Waals surface area contributed by atoms with Crippen LogP contribution in [0.3, 0.4) is 0 Å². The van der Waals surface area contributed by atoms with E-state index in [0.717, 1.165) is 11.1 Å². The Kier molecular flexibility index (Phi) is 3.08. The second-order valence-electron chi connectivity index (χ2n) is 3.99. The molecule has 0 heteroatoms. The van der Waals surface area contributed by atoms with Crippen LogP contribution in [-0.2, 0) is 0 Å². The Bertz CT molecular complexity index is 536. The van der Waals surface area contributed by atoms with Gasteiger partial charge in [0.2, 0.25) is 0 Å². The molecule has 0 atom stereocenters. The van der Waals surface area contributed by atoms with Crippen LogP contribution in [0.2, 0.25) is 0 Å². The number of hydrogen-bond donors (Lipinski definition) is 0. The minimum absolute atomic E-state index is 1.06. The monoisotopic (exact) mass is 206 g/mol. The van der Waals surface area contributed by atoms with Crippen molar-refractivity contribution in [1.82, 2.24) is 0 Å². The molecule has 2 aromatic rings. The van der Waals surface area contributed by atoms with Gasteiger partial charge in [-0.25, -0.2) is 0 Å². The van der Waals surface area contributed by atoms with E-state index in [1.165, 1.54) is 11.1 Å². The molecule has 0 saturated carbocycles. The molecule has 0 aliphatic rings. The summed E-state index contributed by atoms with van der Waals surface area (Å²) in [5.41, 5.74) is 4.64. The highest BCUT2D eigenvalue weighted by atomic mass is 13.9. The van der Waals surface area contributed by atoms with Crippen molar-refractivity contribution >= 4 is 0 Å². The first kappa shape index (κ1) is 10.5. The number of aryl methyl sites for hydroxylation is 2. The molecule has 2 aromatic carbocycles. The average molecular weight is 206 g/mol. The van der Waals surface area contributed by atoms with Gasteiger partial charge in [-0.05, 0) is 43.7 Å². The summed E-state index contributed by atoms with van der Waals surface area (Å²) in [4.78, 5) is 0. The average Bonchev–Trinajstić information content (AvgIpc) is 2.28. The Morgan fingerprint density at radius 2 is 1.38 bits per heavy atom. The SMILES string of the molecule is Cc1ccc(C#Cc2cccc(C)c2)cc1. The van der Waals surface area contributed by atoms with Crippen molar-refractivity contribution in [1.29, 1.82) is 0 Å². The fourth-order valence-corrected chi connectivity index (χ4v) is 1.50. The third-order valence-electron chi connectivity index (χ3n) is 2.42. The molecule has 0 bridgehead atoms. The van der Waals surface area contributed by atoms with Crippen LogP contribution < -0.4 is 0 Å². The molecule has 0 heterocycles. The molecule has 0 spiro atoms. The predicted octanol–water partition coefficient (Wildman–Crippen LogP) is 3.70. The summed E-state index contributed by atoms with van der Waals surface area (Å²) in [5.74, 6) is 6.34. The Balaban J connectivity index is 2.25. The van der Waals surface area contributed by atoms with Crippen LogP contribution in [0.15, 0.2) is 48.5 Å². The molecule has 0 aromatic heterocycles. The van der Waals surface area contributed by atoms with Gasteiger partial charge in [-0.15, -0.1) is 0 Å². The molecule has 78 valence electrons.